The minimum absolute atomic E-state index is 0.0167. The van der Waals surface area contributed by atoms with Crippen molar-refractivity contribution < 1.29 is 9.59 Å². The van der Waals surface area contributed by atoms with Gasteiger partial charge in [0, 0.05) is 24.8 Å². The summed E-state index contributed by atoms with van der Waals surface area (Å²) in [5, 5.41) is 2.62. The summed E-state index contributed by atoms with van der Waals surface area (Å²) in [4.78, 5) is 24.4. The number of carbonyl (C=O) groups excluding carboxylic acids is 2. The lowest BCUT2D eigenvalue weighted by molar-refractivity contribution is -0.113. The SMILES string of the molecule is CN1Cc2ccc(NC(=O)CCl)cc2C1=O. The summed E-state index contributed by atoms with van der Waals surface area (Å²) in [6.45, 7) is 0.623. The first-order valence-corrected chi connectivity index (χ1v) is 5.39. The van der Waals surface area contributed by atoms with E-state index in [0.717, 1.165) is 5.56 Å². The molecule has 4 nitrogen and oxygen atoms in total. The fourth-order valence-corrected chi connectivity index (χ4v) is 1.79. The zero-order valence-corrected chi connectivity index (χ0v) is 9.54. The molecule has 5 heteroatoms. The van der Waals surface area contributed by atoms with Crippen molar-refractivity contribution in [2.24, 2.45) is 0 Å². The van der Waals surface area contributed by atoms with Gasteiger partial charge in [-0.2, -0.15) is 0 Å². The highest BCUT2D eigenvalue weighted by molar-refractivity contribution is 6.29. The van der Waals surface area contributed by atoms with Crippen LogP contribution in [-0.4, -0.2) is 29.6 Å². The van der Waals surface area contributed by atoms with Crippen LogP contribution in [0.3, 0.4) is 0 Å². The topological polar surface area (TPSA) is 49.4 Å². The molecule has 0 aliphatic carbocycles. The van der Waals surface area contributed by atoms with Crippen molar-refractivity contribution in [1.82, 2.24) is 4.90 Å². The summed E-state index contributed by atoms with van der Waals surface area (Å²) in [7, 11) is 1.75. The Morgan fingerprint density at radius 1 is 1.56 bits per heavy atom. The number of alkyl halides is 1. The van der Waals surface area contributed by atoms with Crippen LogP contribution in [0.25, 0.3) is 0 Å². The average Bonchev–Trinajstić information content (AvgIpc) is 2.55. The number of halogens is 1. The van der Waals surface area contributed by atoms with Gasteiger partial charge in [-0.3, -0.25) is 9.59 Å². The number of amides is 2. The number of anilines is 1. The largest absolute Gasteiger partial charge is 0.337 e. The van der Waals surface area contributed by atoms with Crippen molar-refractivity contribution in [3.63, 3.8) is 0 Å². The van der Waals surface area contributed by atoms with Gasteiger partial charge in [0.2, 0.25) is 5.91 Å². The van der Waals surface area contributed by atoms with Gasteiger partial charge in [-0.25, -0.2) is 0 Å². The number of nitrogens with zero attached hydrogens (tertiary/aromatic N) is 1. The van der Waals surface area contributed by atoms with E-state index in [-0.39, 0.29) is 17.7 Å². The van der Waals surface area contributed by atoms with Crippen molar-refractivity contribution in [1.29, 1.82) is 0 Å². The van der Waals surface area contributed by atoms with Crippen molar-refractivity contribution in [3.05, 3.63) is 29.3 Å². The number of hydrogen-bond acceptors (Lipinski definition) is 2. The Kier molecular flexibility index (Phi) is 2.83. The molecule has 0 unspecified atom stereocenters. The number of benzene rings is 1. The molecule has 0 saturated carbocycles. The molecule has 0 radical (unpaired) electrons. The molecule has 0 bridgehead atoms. The summed E-state index contributed by atoms with van der Waals surface area (Å²) in [5.74, 6) is -0.386. The van der Waals surface area contributed by atoms with Gasteiger partial charge < -0.3 is 10.2 Å². The monoisotopic (exact) mass is 238 g/mol. The molecule has 1 aromatic rings. The van der Waals surface area contributed by atoms with E-state index in [4.69, 9.17) is 11.6 Å². The summed E-state index contributed by atoms with van der Waals surface area (Å²) < 4.78 is 0. The molecule has 1 aliphatic heterocycles. The predicted molar refractivity (Wildman–Crippen MR) is 61.6 cm³/mol. The minimum atomic E-state index is -0.277. The molecule has 1 N–H and O–H groups in total. The second-order valence-electron chi connectivity index (χ2n) is 3.71. The molecule has 1 aliphatic rings. The Morgan fingerprint density at radius 3 is 3.00 bits per heavy atom. The molecule has 1 aromatic carbocycles. The summed E-state index contributed by atoms with van der Waals surface area (Å²) in [6, 6.07) is 5.31. The van der Waals surface area contributed by atoms with Gasteiger partial charge in [0.25, 0.3) is 5.91 Å². The Hall–Kier alpha value is -1.55. The fourth-order valence-electron chi connectivity index (χ4n) is 1.72. The second kappa shape index (κ2) is 4.14. The molecule has 1 heterocycles. The lowest BCUT2D eigenvalue weighted by atomic mass is 10.1. The molecule has 0 spiro atoms. The van der Waals surface area contributed by atoms with Crippen molar-refractivity contribution >= 4 is 29.1 Å². The number of hydrogen-bond donors (Lipinski definition) is 1. The van der Waals surface area contributed by atoms with Crippen LogP contribution in [0.4, 0.5) is 5.69 Å². The Labute approximate surface area is 98.2 Å². The van der Waals surface area contributed by atoms with Gasteiger partial charge in [0.1, 0.15) is 5.88 Å². The van der Waals surface area contributed by atoms with Gasteiger partial charge >= 0.3 is 0 Å². The second-order valence-corrected chi connectivity index (χ2v) is 3.98. The van der Waals surface area contributed by atoms with Gasteiger partial charge in [-0.15, -0.1) is 11.6 Å². The number of fused-ring (bicyclic) bond motifs is 1. The van der Waals surface area contributed by atoms with Crippen LogP contribution >= 0.6 is 11.6 Å². The minimum Gasteiger partial charge on any atom is -0.337 e. The Balaban J connectivity index is 2.27. The highest BCUT2D eigenvalue weighted by atomic mass is 35.5. The zero-order chi connectivity index (χ0) is 11.7. The molecule has 0 fully saturated rings. The number of carbonyl (C=O) groups is 2. The standard InChI is InChI=1S/C11H11ClN2O2/c1-14-6-7-2-3-8(13-10(15)5-12)4-9(7)11(14)16/h2-4H,5-6H2,1H3,(H,13,15). The maximum absolute atomic E-state index is 11.7. The molecule has 2 rings (SSSR count). The molecule has 84 valence electrons. The normalized spacial score (nSPS) is 13.9. The molecule has 16 heavy (non-hydrogen) atoms. The fraction of sp³-hybridized carbons (Fsp3) is 0.273. The highest BCUT2D eigenvalue weighted by Gasteiger charge is 2.24. The molecular weight excluding hydrogens is 228 g/mol. The quantitative estimate of drug-likeness (QED) is 0.793. The van der Waals surface area contributed by atoms with E-state index in [0.29, 0.717) is 17.8 Å². The van der Waals surface area contributed by atoms with Gasteiger partial charge in [-0.1, -0.05) is 6.07 Å². The van der Waals surface area contributed by atoms with Gasteiger partial charge in [0.15, 0.2) is 0 Å². The van der Waals surface area contributed by atoms with Crippen molar-refractivity contribution in [2.45, 2.75) is 6.54 Å². The third kappa shape index (κ3) is 1.88. The summed E-state index contributed by atoms with van der Waals surface area (Å²) >= 11 is 5.38. The van der Waals surface area contributed by atoms with E-state index in [1.54, 1.807) is 24.1 Å². The molecular formula is C11H11ClN2O2. The van der Waals surface area contributed by atoms with Crippen LogP contribution in [0.15, 0.2) is 18.2 Å². The zero-order valence-electron chi connectivity index (χ0n) is 8.79. The number of rotatable bonds is 2. The first-order chi connectivity index (χ1) is 7.61. The van der Waals surface area contributed by atoms with E-state index in [9.17, 15) is 9.59 Å². The van der Waals surface area contributed by atoms with Gasteiger partial charge in [-0.05, 0) is 17.7 Å². The van der Waals surface area contributed by atoms with Crippen LogP contribution in [0.5, 0.6) is 0 Å². The predicted octanol–water partition coefficient (Wildman–Crippen LogP) is 1.45. The Bertz CT molecular complexity index is 459. The first-order valence-electron chi connectivity index (χ1n) is 4.86. The molecule has 2 amide bonds. The van der Waals surface area contributed by atoms with E-state index < -0.39 is 0 Å². The smallest absolute Gasteiger partial charge is 0.254 e. The van der Waals surface area contributed by atoms with Crippen LogP contribution in [0.1, 0.15) is 15.9 Å². The lowest BCUT2D eigenvalue weighted by Gasteiger charge is -2.05. The average molecular weight is 239 g/mol. The van der Waals surface area contributed by atoms with Crippen molar-refractivity contribution in [3.8, 4) is 0 Å². The van der Waals surface area contributed by atoms with Crippen LogP contribution in [-0.2, 0) is 11.3 Å². The van der Waals surface area contributed by atoms with E-state index >= 15 is 0 Å². The van der Waals surface area contributed by atoms with E-state index in [1.807, 2.05) is 6.07 Å². The summed E-state index contributed by atoms with van der Waals surface area (Å²) in [6.07, 6.45) is 0. The first kappa shape index (κ1) is 11.0. The van der Waals surface area contributed by atoms with E-state index in [2.05, 4.69) is 5.32 Å². The van der Waals surface area contributed by atoms with Gasteiger partial charge in [0.05, 0.1) is 0 Å². The van der Waals surface area contributed by atoms with Crippen molar-refractivity contribution in [2.75, 3.05) is 18.2 Å². The maximum Gasteiger partial charge on any atom is 0.254 e. The number of nitrogens with one attached hydrogen (secondary N) is 1. The maximum atomic E-state index is 11.7. The lowest BCUT2D eigenvalue weighted by Crippen LogP contribution is -2.17. The van der Waals surface area contributed by atoms with Crippen LogP contribution < -0.4 is 5.32 Å². The molecule has 0 aromatic heterocycles. The molecule has 0 atom stereocenters. The summed E-state index contributed by atoms with van der Waals surface area (Å²) in [5.41, 5.74) is 2.24. The third-order valence-corrected chi connectivity index (χ3v) is 2.74. The van der Waals surface area contributed by atoms with E-state index in [1.165, 1.54) is 0 Å². The Morgan fingerprint density at radius 2 is 2.31 bits per heavy atom. The van der Waals surface area contributed by atoms with Crippen LogP contribution in [0, 0.1) is 0 Å². The molecule has 0 saturated heterocycles. The highest BCUT2D eigenvalue weighted by Crippen LogP contribution is 2.24. The van der Waals surface area contributed by atoms with Crippen LogP contribution in [0.2, 0.25) is 0 Å². The third-order valence-electron chi connectivity index (χ3n) is 2.50.